The zero-order chi connectivity index (χ0) is 22.8. The van der Waals surface area contributed by atoms with Gasteiger partial charge in [-0.3, -0.25) is 9.48 Å². The second kappa shape index (κ2) is 8.78. The smallest absolute Gasteiger partial charge is 0.255 e. The summed E-state index contributed by atoms with van der Waals surface area (Å²) in [6, 6.07) is 13.3. The molecule has 0 saturated carbocycles. The molecular weight excluding hydrogens is 420 g/mol. The average molecular weight is 444 g/mol. The number of fused-ring (bicyclic) bond motifs is 1. The van der Waals surface area contributed by atoms with Crippen molar-refractivity contribution in [2.75, 3.05) is 13.2 Å². The fourth-order valence-electron chi connectivity index (χ4n) is 3.79. The summed E-state index contributed by atoms with van der Waals surface area (Å²) in [5.41, 5.74) is 3.78. The molecule has 2 aromatic carbocycles. The molecular formula is C24H24N6O3. The zero-order valence-electron chi connectivity index (χ0n) is 18.4. The minimum absolute atomic E-state index is 0.195. The van der Waals surface area contributed by atoms with Gasteiger partial charge in [0.2, 0.25) is 0 Å². The molecule has 9 nitrogen and oxygen atoms in total. The van der Waals surface area contributed by atoms with Crippen LogP contribution in [0.5, 0.6) is 11.5 Å². The Morgan fingerprint density at radius 3 is 2.64 bits per heavy atom. The lowest BCUT2D eigenvalue weighted by atomic mass is 10.0. The van der Waals surface area contributed by atoms with Crippen LogP contribution in [0.4, 0.5) is 0 Å². The van der Waals surface area contributed by atoms with Crippen LogP contribution in [0.1, 0.15) is 35.3 Å². The number of ether oxygens (including phenoxy) is 2. The minimum atomic E-state index is -0.196. The second-order valence-corrected chi connectivity index (χ2v) is 7.90. The molecule has 33 heavy (non-hydrogen) atoms. The maximum absolute atomic E-state index is 13.2. The van der Waals surface area contributed by atoms with Crippen molar-refractivity contribution in [3.63, 3.8) is 0 Å². The Kier molecular flexibility index (Phi) is 5.52. The molecule has 0 aliphatic carbocycles. The SMILES string of the molecule is C[C@@H](NC(=O)c1cn(C)nc1-c1ccc2c(c1)OCCCO2)c1ccc(-n2cncn2)cc1. The van der Waals surface area contributed by atoms with Crippen molar-refractivity contribution in [2.24, 2.45) is 7.05 Å². The number of hydrogen-bond acceptors (Lipinski definition) is 6. The van der Waals surface area contributed by atoms with Crippen LogP contribution in [0.15, 0.2) is 61.3 Å². The molecule has 9 heteroatoms. The van der Waals surface area contributed by atoms with Crippen LogP contribution >= 0.6 is 0 Å². The van der Waals surface area contributed by atoms with Gasteiger partial charge < -0.3 is 14.8 Å². The van der Waals surface area contributed by atoms with Crippen LogP contribution in [0.2, 0.25) is 0 Å². The fourth-order valence-corrected chi connectivity index (χ4v) is 3.79. The van der Waals surface area contributed by atoms with Crippen molar-refractivity contribution in [1.29, 1.82) is 0 Å². The number of benzene rings is 2. The van der Waals surface area contributed by atoms with Gasteiger partial charge in [-0.1, -0.05) is 12.1 Å². The first kappa shape index (κ1) is 20.7. The highest BCUT2D eigenvalue weighted by Gasteiger charge is 2.21. The summed E-state index contributed by atoms with van der Waals surface area (Å²) in [4.78, 5) is 17.2. The molecule has 1 amide bonds. The lowest BCUT2D eigenvalue weighted by Gasteiger charge is -2.15. The van der Waals surface area contributed by atoms with Crippen molar-refractivity contribution in [1.82, 2.24) is 29.9 Å². The predicted octanol–water partition coefficient (Wildman–Crippen LogP) is 3.32. The third kappa shape index (κ3) is 4.30. The van der Waals surface area contributed by atoms with E-state index in [1.807, 2.05) is 49.4 Å². The van der Waals surface area contributed by atoms with E-state index in [1.54, 1.807) is 28.9 Å². The maximum Gasteiger partial charge on any atom is 0.255 e. The molecule has 1 aliphatic rings. The molecule has 1 N–H and O–H groups in total. The van der Waals surface area contributed by atoms with E-state index < -0.39 is 0 Å². The topological polar surface area (TPSA) is 96.1 Å². The lowest BCUT2D eigenvalue weighted by Crippen LogP contribution is -2.26. The predicted molar refractivity (Wildman–Crippen MR) is 121 cm³/mol. The number of amides is 1. The maximum atomic E-state index is 13.2. The van der Waals surface area contributed by atoms with Gasteiger partial charge in [-0.15, -0.1) is 0 Å². The van der Waals surface area contributed by atoms with Crippen molar-refractivity contribution < 1.29 is 14.3 Å². The summed E-state index contributed by atoms with van der Waals surface area (Å²) in [7, 11) is 1.80. The van der Waals surface area contributed by atoms with E-state index in [9.17, 15) is 4.79 Å². The van der Waals surface area contributed by atoms with Crippen molar-refractivity contribution in [2.45, 2.75) is 19.4 Å². The number of aromatic nitrogens is 5. The Labute approximate surface area is 191 Å². The minimum Gasteiger partial charge on any atom is -0.490 e. The summed E-state index contributed by atoms with van der Waals surface area (Å²) < 4.78 is 14.9. The Balaban J connectivity index is 1.36. The van der Waals surface area contributed by atoms with Gasteiger partial charge in [0.05, 0.1) is 30.5 Å². The van der Waals surface area contributed by atoms with Crippen LogP contribution in [0.25, 0.3) is 16.9 Å². The first-order chi connectivity index (χ1) is 16.1. The second-order valence-electron chi connectivity index (χ2n) is 7.90. The van der Waals surface area contributed by atoms with Gasteiger partial charge >= 0.3 is 0 Å². The molecule has 0 fully saturated rings. The van der Waals surface area contributed by atoms with Crippen LogP contribution in [-0.4, -0.2) is 43.7 Å². The van der Waals surface area contributed by atoms with Gasteiger partial charge in [-0.05, 0) is 42.8 Å². The van der Waals surface area contributed by atoms with E-state index in [0.29, 0.717) is 36.0 Å². The standard InChI is InChI=1S/C24H24N6O3/c1-16(17-4-7-19(8-5-17)30-15-25-14-26-30)27-24(31)20-13-29(2)28-23(20)18-6-9-21-22(12-18)33-11-3-10-32-21/h4-9,12-16H,3,10-11H2,1-2H3,(H,27,31)/t16-/m1/s1. The Hall–Kier alpha value is -4.14. The molecule has 0 unspecified atom stereocenters. The van der Waals surface area contributed by atoms with E-state index in [0.717, 1.165) is 23.2 Å². The third-order valence-corrected chi connectivity index (χ3v) is 5.52. The highest BCUT2D eigenvalue weighted by Crippen LogP contribution is 2.35. The number of hydrogen-bond donors (Lipinski definition) is 1. The highest BCUT2D eigenvalue weighted by atomic mass is 16.5. The molecule has 5 rings (SSSR count). The van der Waals surface area contributed by atoms with Crippen molar-refractivity contribution >= 4 is 5.91 Å². The Bertz CT molecular complexity index is 1260. The zero-order valence-corrected chi connectivity index (χ0v) is 18.4. The third-order valence-electron chi connectivity index (χ3n) is 5.52. The van der Waals surface area contributed by atoms with Gasteiger partial charge in [-0.2, -0.15) is 10.2 Å². The van der Waals surface area contributed by atoms with E-state index >= 15 is 0 Å². The monoisotopic (exact) mass is 444 g/mol. The Morgan fingerprint density at radius 1 is 1.09 bits per heavy atom. The Morgan fingerprint density at radius 2 is 1.88 bits per heavy atom. The number of carbonyl (C=O) groups excluding carboxylic acids is 1. The first-order valence-electron chi connectivity index (χ1n) is 10.8. The molecule has 2 aromatic heterocycles. The number of aryl methyl sites for hydroxylation is 1. The summed E-state index contributed by atoms with van der Waals surface area (Å²) >= 11 is 0. The number of carbonyl (C=O) groups is 1. The highest BCUT2D eigenvalue weighted by molar-refractivity contribution is 6.00. The summed E-state index contributed by atoms with van der Waals surface area (Å²) in [5, 5.41) is 11.7. The van der Waals surface area contributed by atoms with E-state index in [-0.39, 0.29) is 11.9 Å². The fraction of sp³-hybridized carbons (Fsp3) is 0.250. The molecule has 0 radical (unpaired) electrons. The van der Waals surface area contributed by atoms with Crippen LogP contribution < -0.4 is 14.8 Å². The van der Waals surface area contributed by atoms with Crippen LogP contribution in [0, 0.1) is 0 Å². The molecule has 1 aliphatic heterocycles. The molecule has 4 aromatic rings. The molecule has 0 spiro atoms. The van der Waals surface area contributed by atoms with Gasteiger partial charge in [0, 0.05) is 25.2 Å². The van der Waals surface area contributed by atoms with Crippen LogP contribution in [0.3, 0.4) is 0 Å². The normalized spacial score (nSPS) is 13.9. The molecule has 168 valence electrons. The molecule has 0 saturated heterocycles. The molecule has 0 bridgehead atoms. The van der Waals surface area contributed by atoms with E-state index in [2.05, 4.69) is 20.5 Å². The van der Waals surface area contributed by atoms with E-state index in [1.165, 1.54) is 6.33 Å². The van der Waals surface area contributed by atoms with E-state index in [4.69, 9.17) is 9.47 Å². The number of nitrogens with zero attached hydrogens (tertiary/aromatic N) is 5. The molecule has 3 heterocycles. The van der Waals surface area contributed by atoms with Gasteiger partial charge in [0.15, 0.2) is 11.5 Å². The number of nitrogens with one attached hydrogen (secondary N) is 1. The number of rotatable bonds is 5. The van der Waals surface area contributed by atoms with Gasteiger partial charge in [0.1, 0.15) is 18.3 Å². The van der Waals surface area contributed by atoms with Crippen molar-refractivity contribution in [3.8, 4) is 28.4 Å². The largest absolute Gasteiger partial charge is 0.490 e. The van der Waals surface area contributed by atoms with Gasteiger partial charge in [-0.25, -0.2) is 9.67 Å². The van der Waals surface area contributed by atoms with Crippen molar-refractivity contribution in [3.05, 3.63) is 72.4 Å². The van der Waals surface area contributed by atoms with Gasteiger partial charge in [0.25, 0.3) is 5.91 Å². The van der Waals surface area contributed by atoms with Crippen LogP contribution in [-0.2, 0) is 7.05 Å². The summed E-state index contributed by atoms with van der Waals surface area (Å²) in [6.07, 6.45) is 5.70. The average Bonchev–Trinajstić information content (AvgIpc) is 3.44. The quantitative estimate of drug-likeness (QED) is 0.507. The summed E-state index contributed by atoms with van der Waals surface area (Å²) in [6.45, 7) is 3.17. The first-order valence-corrected chi connectivity index (χ1v) is 10.8. The molecule has 1 atom stereocenters. The lowest BCUT2D eigenvalue weighted by molar-refractivity contribution is 0.0940. The summed E-state index contributed by atoms with van der Waals surface area (Å²) in [5.74, 6) is 1.18.